The van der Waals surface area contributed by atoms with E-state index in [1.807, 2.05) is 0 Å². The topological polar surface area (TPSA) is 127 Å². The van der Waals surface area contributed by atoms with E-state index in [0.29, 0.717) is 22.2 Å². The molecule has 0 aliphatic carbocycles. The van der Waals surface area contributed by atoms with Gasteiger partial charge in [-0.25, -0.2) is 13.1 Å². The minimum Gasteiger partial charge on any atom is -0.374 e. The summed E-state index contributed by atoms with van der Waals surface area (Å²) >= 11 is 1.22. The number of sulfonamides is 1. The molecule has 0 atom stereocenters. The van der Waals surface area contributed by atoms with E-state index in [1.165, 1.54) is 42.5 Å². The highest BCUT2D eigenvalue weighted by molar-refractivity contribution is 7.89. The number of hydrogen-bond acceptors (Lipinski definition) is 7. The van der Waals surface area contributed by atoms with Gasteiger partial charge in [-0.05, 0) is 24.3 Å². The molecule has 0 saturated carbocycles. The van der Waals surface area contributed by atoms with E-state index in [0.717, 1.165) is 0 Å². The van der Waals surface area contributed by atoms with Crippen molar-refractivity contribution in [2.24, 2.45) is 0 Å². The molecule has 0 fully saturated rings. The second kappa shape index (κ2) is 6.81. The highest BCUT2D eigenvalue weighted by atomic mass is 32.2. The number of nitrogens with zero attached hydrogens (tertiary/aromatic N) is 2. The summed E-state index contributed by atoms with van der Waals surface area (Å²) in [4.78, 5) is 11.0. The summed E-state index contributed by atoms with van der Waals surface area (Å²) in [5.41, 5.74) is 5.99. The monoisotopic (exact) mass is 341 g/mol. The molecule has 2 aromatic rings. The molecule has 22 heavy (non-hydrogen) atoms. The average molecular weight is 341 g/mol. The SMILES string of the molecule is CC(=O)Nc1ccc(S(=O)(=O)NCCc2nnc(N)s2)cc1. The normalized spacial score (nSPS) is 11.3. The van der Waals surface area contributed by atoms with Crippen molar-refractivity contribution in [3.8, 4) is 0 Å². The molecule has 1 aromatic carbocycles. The van der Waals surface area contributed by atoms with E-state index < -0.39 is 10.0 Å². The summed E-state index contributed by atoms with van der Waals surface area (Å²) < 4.78 is 26.7. The van der Waals surface area contributed by atoms with Gasteiger partial charge in [0, 0.05) is 25.6 Å². The number of nitrogens with two attached hydrogens (primary N) is 1. The highest BCUT2D eigenvalue weighted by Crippen LogP contribution is 2.14. The maximum Gasteiger partial charge on any atom is 0.240 e. The largest absolute Gasteiger partial charge is 0.374 e. The average Bonchev–Trinajstić information content (AvgIpc) is 2.84. The van der Waals surface area contributed by atoms with Crippen molar-refractivity contribution in [3.63, 3.8) is 0 Å². The number of aromatic nitrogens is 2. The van der Waals surface area contributed by atoms with Gasteiger partial charge in [-0.2, -0.15) is 0 Å². The van der Waals surface area contributed by atoms with E-state index in [-0.39, 0.29) is 17.3 Å². The Hall–Kier alpha value is -2.04. The van der Waals surface area contributed by atoms with E-state index in [1.54, 1.807) is 0 Å². The first-order valence-corrected chi connectivity index (χ1v) is 8.62. The second-order valence-electron chi connectivity index (χ2n) is 4.39. The molecule has 118 valence electrons. The molecule has 1 heterocycles. The molecule has 0 radical (unpaired) electrons. The molecular weight excluding hydrogens is 326 g/mol. The van der Waals surface area contributed by atoms with Crippen LogP contribution in [0.4, 0.5) is 10.8 Å². The van der Waals surface area contributed by atoms with Crippen molar-refractivity contribution in [2.45, 2.75) is 18.2 Å². The van der Waals surface area contributed by atoms with E-state index >= 15 is 0 Å². The summed E-state index contributed by atoms with van der Waals surface area (Å²) in [6, 6.07) is 5.91. The first-order chi connectivity index (χ1) is 10.4. The third-order valence-electron chi connectivity index (χ3n) is 2.60. The summed E-state index contributed by atoms with van der Waals surface area (Å²) in [5, 5.41) is 11.1. The van der Waals surface area contributed by atoms with Crippen LogP contribution in [0.15, 0.2) is 29.2 Å². The maximum atomic E-state index is 12.1. The number of rotatable bonds is 6. The molecule has 0 bridgehead atoms. The van der Waals surface area contributed by atoms with Gasteiger partial charge in [0.2, 0.25) is 21.1 Å². The Morgan fingerprint density at radius 3 is 2.50 bits per heavy atom. The van der Waals surface area contributed by atoms with Crippen LogP contribution in [0.2, 0.25) is 0 Å². The predicted molar refractivity (Wildman–Crippen MR) is 84.0 cm³/mol. The van der Waals surface area contributed by atoms with Crippen molar-refractivity contribution in [3.05, 3.63) is 29.3 Å². The Labute approximate surface area is 131 Å². The molecule has 8 nitrogen and oxygen atoms in total. The quantitative estimate of drug-likeness (QED) is 0.706. The lowest BCUT2D eigenvalue weighted by atomic mass is 10.3. The van der Waals surface area contributed by atoms with Crippen molar-refractivity contribution in [2.75, 3.05) is 17.6 Å². The fourth-order valence-corrected chi connectivity index (χ4v) is 3.30. The van der Waals surface area contributed by atoms with Gasteiger partial charge in [-0.15, -0.1) is 10.2 Å². The van der Waals surface area contributed by atoms with Gasteiger partial charge >= 0.3 is 0 Å². The van der Waals surface area contributed by atoms with Crippen LogP contribution in [0, 0.1) is 0 Å². The van der Waals surface area contributed by atoms with Crippen LogP contribution in [0.3, 0.4) is 0 Å². The highest BCUT2D eigenvalue weighted by Gasteiger charge is 2.14. The Bertz CT molecular complexity index is 755. The van der Waals surface area contributed by atoms with E-state index in [2.05, 4.69) is 20.2 Å². The van der Waals surface area contributed by atoms with Crippen LogP contribution in [-0.4, -0.2) is 31.1 Å². The number of benzene rings is 1. The number of nitrogens with one attached hydrogen (secondary N) is 2. The van der Waals surface area contributed by atoms with Crippen molar-refractivity contribution in [1.82, 2.24) is 14.9 Å². The first-order valence-electron chi connectivity index (χ1n) is 6.32. The molecule has 4 N–H and O–H groups in total. The zero-order valence-corrected chi connectivity index (χ0v) is 13.4. The van der Waals surface area contributed by atoms with Crippen LogP contribution in [0.25, 0.3) is 0 Å². The molecule has 0 saturated heterocycles. The van der Waals surface area contributed by atoms with Gasteiger partial charge in [-0.3, -0.25) is 4.79 Å². The lowest BCUT2D eigenvalue weighted by molar-refractivity contribution is -0.114. The lowest BCUT2D eigenvalue weighted by Gasteiger charge is -2.07. The Kier molecular flexibility index (Phi) is 5.06. The number of carbonyl (C=O) groups excluding carboxylic acids is 1. The zero-order valence-electron chi connectivity index (χ0n) is 11.7. The predicted octanol–water partition coefficient (Wildman–Crippen LogP) is 0.600. The van der Waals surface area contributed by atoms with Crippen molar-refractivity contribution in [1.29, 1.82) is 0 Å². The molecule has 10 heteroatoms. The van der Waals surface area contributed by atoms with Gasteiger partial charge < -0.3 is 11.1 Å². The third-order valence-corrected chi connectivity index (χ3v) is 4.89. The van der Waals surface area contributed by atoms with E-state index in [4.69, 9.17) is 5.73 Å². The van der Waals surface area contributed by atoms with Gasteiger partial charge in [0.1, 0.15) is 5.01 Å². The van der Waals surface area contributed by atoms with Gasteiger partial charge in [-0.1, -0.05) is 11.3 Å². The Morgan fingerprint density at radius 2 is 1.95 bits per heavy atom. The molecule has 0 aliphatic heterocycles. The number of nitrogen functional groups attached to an aromatic ring is 1. The molecule has 0 aliphatic rings. The van der Waals surface area contributed by atoms with Crippen LogP contribution in [-0.2, 0) is 21.2 Å². The Morgan fingerprint density at radius 1 is 1.27 bits per heavy atom. The van der Waals surface area contributed by atoms with Gasteiger partial charge in [0.05, 0.1) is 4.90 Å². The van der Waals surface area contributed by atoms with Crippen molar-refractivity contribution >= 4 is 38.1 Å². The zero-order chi connectivity index (χ0) is 16.2. The maximum absolute atomic E-state index is 12.1. The Balaban J connectivity index is 1.96. The number of anilines is 2. The van der Waals surface area contributed by atoms with Crippen LogP contribution in [0.1, 0.15) is 11.9 Å². The summed E-state index contributed by atoms with van der Waals surface area (Å²) in [7, 11) is -3.61. The van der Waals surface area contributed by atoms with Gasteiger partial charge in [0.25, 0.3) is 0 Å². The molecular formula is C12H15N5O3S2. The van der Waals surface area contributed by atoms with Crippen LogP contribution in [0.5, 0.6) is 0 Å². The third kappa shape index (κ3) is 4.48. The first kappa shape index (κ1) is 16.3. The fourth-order valence-electron chi connectivity index (χ4n) is 1.66. The minimum atomic E-state index is -3.61. The molecule has 1 aromatic heterocycles. The van der Waals surface area contributed by atoms with E-state index in [9.17, 15) is 13.2 Å². The number of hydrogen-bond donors (Lipinski definition) is 3. The van der Waals surface area contributed by atoms with Crippen molar-refractivity contribution < 1.29 is 13.2 Å². The van der Waals surface area contributed by atoms with Gasteiger partial charge in [0.15, 0.2) is 0 Å². The molecule has 1 amide bonds. The lowest BCUT2D eigenvalue weighted by Crippen LogP contribution is -2.26. The van der Waals surface area contributed by atoms with Crippen LogP contribution < -0.4 is 15.8 Å². The second-order valence-corrected chi connectivity index (χ2v) is 7.25. The summed E-state index contributed by atoms with van der Waals surface area (Å²) in [5.74, 6) is -0.218. The fraction of sp³-hybridized carbons (Fsp3) is 0.250. The molecule has 0 spiro atoms. The van der Waals surface area contributed by atoms with Crippen LogP contribution >= 0.6 is 11.3 Å². The minimum absolute atomic E-state index is 0.123. The standard InChI is InChI=1S/C12H15N5O3S2/c1-8(18)15-9-2-4-10(5-3-9)22(19,20)14-7-6-11-16-17-12(13)21-11/h2-5,14H,6-7H2,1H3,(H2,13,17)(H,15,18). The smallest absolute Gasteiger partial charge is 0.240 e. The summed E-state index contributed by atoms with van der Waals surface area (Å²) in [6.07, 6.45) is 0.415. The number of amides is 1. The molecule has 0 unspecified atom stereocenters. The molecule has 2 rings (SSSR count). The number of carbonyl (C=O) groups is 1. The summed E-state index contributed by atoms with van der Waals surface area (Å²) in [6.45, 7) is 1.58.